The summed E-state index contributed by atoms with van der Waals surface area (Å²) in [6, 6.07) is 8.18. The van der Waals surface area contributed by atoms with Crippen LogP contribution in [0.4, 0.5) is 0 Å². The number of hydrogen-bond donors (Lipinski definition) is 0. The quantitative estimate of drug-likeness (QED) is 0.799. The number of carbonyl (C=O) groups excluding carboxylic acids is 2. The molecule has 1 atom stereocenters. The largest absolute Gasteiger partial charge is 0.343 e. The number of likely N-dealkylation sites (tertiary alicyclic amines) is 2. The molecule has 2 saturated heterocycles. The van der Waals surface area contributed by atoms with Crippen molar-refractivity contribution < 1.29 is 18.0 Å². The molecule has 0 radical (unpaired) electrons. The summed E-state index contributed by atoms with van der Waals surface area (Å²) < 4.78 is 25.3. The van der Waals surface area contributed by atoms with E-state index in [0.29, 0.717) is 37.4 Å². The second-order valence-corrected chi connectivity index (χ2v) is 9.24. The van der Waals surface area contributed by atoms with Crippen molar-refractivity contribution in [2.24, 2.45) is 5.92 Å². The van der Waals surface area contributed by atoms with E-state index in [-0.39, 0.29) is 29.5 Å². The average molecular weight is 378 g/mol. The van der Waals surface area contributed by atoms with Crippen LogP contribution in [0.5, 0.6) is 0 Å². The second-order valence-electron chi connectivity index (χ2n) is 7.20. The minimum atomic E-state index is -3.41. The van der Waals surface area contributed by atoms with Crippen molar-refractivity contribution >= 4 is 21.7 Å². The predicted octanol–water partition coefficient (Wildman–Crippen LogP) is 1.71. The number of carbonyl (C=O) groups is 2. The second kappa shape index (κ2) is 7.78. The van der Waals surface area contributed by atoms with Crippen molar-refractivity contribution in [3.05, 3.63) is 30.3 Å². The summed E-state index contributed by atoms with van der Waals surface area (Å²) >= 11 is 0. The molecule has 2 heterocycles. The molecule has 3 rings (SSSR count). The molecular formula is C19H26N2O4S. The van der Waals surface area contributed by atoms with E-state index in [1.165, 1.54) is 0 Å². The first-order valence-corrected chi connectivity index (χ1v) is 10.9. The maximum absolute atomic E-state index is 12.9. The predicted molar refractivity (Wildman–Crippen MR) is 98.2 cm³/mol. The maximum Gasteiger partial charge on any atom is 0.226 e. The van der Waals surface area contributed by atoms with Crippen LogP contribution in [0, 0.1) is 5.92 Å². The van der Waals surface area contributed by atoms with Crippen molar-refractivity contribution in [3.8, 4) is 0 Å². The fraction of sp³-hybridized carbons (Fsp3) is 0.579. The van der Waals surface area contributed by atoms with Gasteiger partial charge in [-0.25, -0.2) is 8.42 Å². The summed E-state index contributed by atoms with van der Waals surface area (Å²) in [5.74, 6) is -0.0248. The number of benzene rings is 1. The molecule has 2 aliphatic heterocycles. The Morgan fingerprint density at radius 1 is 1.04 bits per heavy atom. The topological polar surface area (TPSA) is 74.8 Å². The Balaban J connectivity index is 1.65. The molecule has 142 valence electrons. The summed E-state index contributed by atoms with van der Waals surface area (Å²) in [6.45, 7) is 3.38. The van der Waals surface area contributed by atoms with Gasteiger partial charge in [-0.2, -0.15) is 0 Å². The molecule has 0 spiro atoms. The van der Waals surface area contributed by atoms with E-state index < -0.39 is 9.84 Å². The van der Waals surface area contributed by atoms with E-state index >= 15 is 0 Å². The van der Waals surface area contributed by atoms with Crippen LogP contribution in [-0.4, -0.2) is 61.5 Å². The van der Waals surface area contributed by atoms with Gasteiger partial charge >= 0.3 is 0 Å². The zero-order valence-electron chi connectivity index (χ0n) is 15.1. The number of sulfone groups is 1. The van der Waals surface area contributed by atoms with Gasteiger partial charge in [-0.1, -0.05) is 18.2 Å². The van der Waals surface area contributed by atoms with Crippen molar-refractivity contribution in [2.45, 2.75) is 43.5 Å². The van der Waals surface area contributed by atoms with Crippen LogP contribution in [-0.2, 0) is 19.4 Å². The van der Waals surface area contributed by atoms with Gasteiger partial charge in [-0.05, 0) is 37.8 Å². The SMILES string of the molecule is CC(=O)N1CCC(C(=O)N2CCCC2CS(=O)(=O)c2ccccc2)CC1. The highest BCUT2D eigenvalue weighted by Gasteiger charge is 2.37. The molecule has 0 aliphatic carbocycles. The lowest BCUT2D eigenvalue weighted by Gasteiger charge is -2.34. The number of amides is 2. The first-order chi connectivity index (χ1) is 12.4. The van der Waals surface area contributed by atoms with Gasteiger partial charge in [0.2, 0.25) is 11.8 Å². The van der Waals surface area contributed by atoms with Crippen LogP contribution >= 0.6 is 0 Å². The minimum Gasteiger partial charge on any atom is -0.343 e. The Morgan fingerprint density at radius 3 is 2.31 bits per heavy atom. The zero-order chi connectivity index (χ0) is 18.7. The van der Waals surface area contributed by atoms with E-state index in [0.717, 1.165) is 12.8 Å². The maximum atomic E-state index is 12.9. The number of hydrogen-bond acceptors (Lipinski definition) is 4. The first kappa shape index (κ1) is 18.9. The van der Waals surface area contributed by atoms with Crippen LogP contribution in [0.3, 0.4) is 0 Å². The standard InChI is InChI=1S/C19H26N2O4S/c1-15(22)20-12-9-16(10-13-20)19(23)21-11-5-6-17(21)14-26(24,25)18-7-3-2-4-8-18/h2-4,7-8,16-17H,5-6,9-14H2,1H3. The lowest BCUT2D eigenvalue weighted by atomic mass is 9.95. The molecule has 0 aromatic heterocycles. The molecule has 0 bridgehead atoms. The van der Waals surface area contributed by atoms with Crippen LogP contribution < -0.4 is 0 Å². The molecule has 7 heteroatoms. The third-order valence-corrected chi connectivity index (χ3v) is 7.28. The summed E-state index contributed by atoms with van der Waals surface area (Å²) in [7, 11) is -3.41. The van der Waals surface area contributed by atoms with E-state index in [4.69, 9.17) is 0 Å². The van der Waals surface area contributed by atoms with Crippen molar-refractivity contribution in [3.63, 3.8) is 0 Å². The smallest absolute Gasteiger partial charge is 0.226 e. The van der Waals surface area contributed by atoms with Crippen LogP contribution in [0.15, 0.2) is 35.2 Å². The van der Waals surface area contributed by atoms with Crippen LogP contribution in [0.2, 0.25) is 0 Å². The first-order valence-electron chi connectivity index (χ1n) is 9.22. The van der Waals surface area contributed by atoms with E-state index in [2.05, 4.69) is 0 Å². The number of nitrogens with zero attached hydrogens (tertiary/aromatic N) is 2. The molecule has 26 heavy (non-hydrogen) atoms. The Morgan fingerprint density at radius 2 is 1.69 bits per heavy atom. The van der Waals surface area contributed by atoms with Crippen LogP contribution in [0.25, 0.3) is 0 Å². The summed E-state index contributed by atoms with van der Waals surface area (Å²) in [5, 5.41) is 0. The Labute approximate surface area is 155 Å². The number of rotatable bonds is 4. The van der Waals surface area contributed by atoms with Gasteiger partial charge in [-0.15, -0.1) is 0 Å². The summed E-state index contributed by atoms with van der Waals surface area (Å²) in [5.41, 5.74) is 0. The van der Waals surface area contributed by atoms with Crippen LogP contribution in [0.1, 0.15) is 32.6 Å². The molecule has 2 fully saturated rings. The van der Waals surface area contributed by atoms with Gasteiger partial charge in [0, 0.05) is 38.5 Å². The van der Waals surface area contributed by atoms with Gasteiger partial charge in [-0.3, -0.25) is 9.59 Å². The van der Waals surface area contributed by atoms with Gasteiger partial charge < -0.3 is 9.80 Å². The highest BCUT2D eigenvalue weighted by atomic mass is 32.2. The zero-order valence-corrected chi connectivity index (χ0v) is 16.0. The molecule has 0 N–H and O–H groups in total. The molecule has 1 aromatic carbocycles. The highest BCUT2D eigenvalue weighted by Crippen LogP contribution is 2.27. The van der Waals surface area contributed by atoms with Gasteiger partial charge in [0.15, 0.2) is 9.84 Å². The lowest BCUT2D eigenvalue weighted by Crippen LogP contribution is -2.46. The third-order valence-electron chi connectivity index (χ3n) is 5.46. The van der Waals surface area contributed by atoms with Gasteiger partial charge in [0.05, 0.1) is 10.6 Å². The molecule has 1 aromatic rings. The Bertz CT molecular complexity index is 755. The Hall–Kier alpha value is -1.89. The summed E-state index contributed by atoms with van der Waals surface area (Å²) in [6.07, 6.45) is 2.89. The Kier molecular flexibility index (Phi) is 5.65. The minimum absolute atomic E-state index is 0.0188. The monoisotopic (exact) mass is 378 g/mol. The van der Waals surface area contributed by atoms with Crippen molar-refractivity contribution in [2.75, 3.05) is 25.4 Å². The molecular weight excluding hydrogens is 352 g/mol. The number of piperidine rings is 1. The molecule has 2 aliphatic rings. The fourth-order valence-electron chi connectivity index (χ4n) is 3.95. The van der Waals surface area contributed by atoms with E-state index in [1.807, 2.05) is 0 Å². The van der Waals surface area contributed by atoms with E-state index in [9.17, 15) is 18.0 Å². The molecule has 2 amide bonds. The van der Waals surface area contributed by atoms with Gasteiger partial charge in [0.1, 0.15) is 0 Å². The highest BCUT2D eigenvalue weighted by molar-refractivity contribution is 7.91. The van der Waals surface area contributed by atoms with Gasteiger partial charge in [0.25, 0.3) is 0 Å². The molecule has 1 unspecified atom stereocenters. The lowest BCUT2D eigenvalue weighted by molar-refractivity contribution is -0.140. The normalized spacial score (nSPS) is 21.8. The van der Waals surface area contributed by atoms with Crippen molar-refractivity contribution in [1.82, 2.24) is 9.80 Å². The fourth-order valence-corrected chi connectivity index (χ4v) is 5.57. The van der Waals surface area contributed by atoms with E-state index in [1.54, 1.807) is 47.1 Å². The molecule has 0 saturated carbocycles. The third kappa shape index (κ3) is 4.09. The van der Waals surface area contributed by atoms with Crippen molar-refractivity contribution in [1.29, 1.82) is 0 Å². The molecule has 6 nitrogen and oxygen atoms in total. The summed E-state index contributed by atoms with van der Waals surface area (Å²) in [4.78, 5) is 28.2. The average Bonchev–Trinajstić information content (AvgIpc) is 3.09.